The quantitative estimate of drug-likeness (QED) is 0.430. The van der Waals surface area contributed by atoms with Crippen LogP contribution in [0.15, 0.2) is 30.4 Å². The van der Waals surface area contributed by atoms with E-state index < -0.39 is 11.9 Å². The highest BCUT2D eigenvalue weighted by Crippen LogP contribution is 2.52. The zero-order valence-corrected chi connectivity index (χ0v) is 9.81. The molecule has 1 aromatic rings. The molecular formula is C15H12O3. The molecular weight excluding hydrogens is 228 g/mol. The van der Waals surface area contributed by atoms with E-state index in [0.717, 1.165) is 18.4 Å². The number of rotatable bonds is 1. The SMILES string of the molecule is O=C1OC(=O)c2c1cccc2C12C=CC(CC1)C2. The first-order chi connectivity index (χ1) is 8.70. The molecule has 3 nitrogen and oxygen atoms in total. The Kier molecular flexibility index (Phi) is 1.74. The third kappa shape index (κ3) is 1.09. The van der Waals surface area contributed by atoms with Crippen LogP contribution in [-0.4, -0.2) is 11.9 Å². The number of esters is 2. The lowest BCUT2D eigenvalue weighted by molar-refractivity contribution is 0.0443. The lowest BCUT2D eigenvalue weighted by Crippen LogP contribution is -2.21. The second-order valence-electron chi connectivity index (χ2n) is 5.42. The Morgan fingerprint density at radius 1 is 1.22 bits per heavy atom. The van der Waals surface area contributed by atoms with Gasteiger partial charge in [0.2, 0.25) is 0 Å². The van der Waals surface area contributed by atoms with Crippen LogP contribution in [0.2, 0.25) is 0 Å². The van der Waals surface area contributed by atoms with Crippen molar-refractivity contribution in [1.29, 1.82) is 0 Å². The highest BCUT2D eigenvalue weighted by Gasteiger charge is 2.46. The summed E-state index contributed by atoms with van der Waals surface area (Å²) in [6, 6.07) is 5.49. The van der Waals surface area contributed by atoms with Crippen LogP contribution < -0.4 is 0 Å². The van der Waals surface area contributed by atoms with E-state index in [1.807, 2.05) is 12.1 Å². The van der Waals surface area contributed by atoms with Gasteiger partial charge in [-0.05, 0) is 36.8 Å². The normalized spacial score (nSPS) is 31.9. The monoisotopic (exact) mass is 240 g/mol. The van der Waals surface area contributed by atoms with Gasteiger partial charge in [-0.1, -0.05) is 24.3 Å². The molecule has 0 N–H and O–H groups in total. The number of carbonyl (C=O) groups excluding carboxylic acids is 2. The molecule has 3 heteroatoms. The smallest absolute Gasteiger partial charge is 0.347 e. The van der Waals surface area contributed by atoms with Crippen LogP contribution >= 0.6 is 0 Å². The summed E-state index contributed by atoms with van der Waals surface area (Å²) >= 11 is 0. The number of benzene rings is 1. The molecule has 0 saturated heterocycles. The third-order valence-electron chi connectivity index (χ3n) is 4.49. The number of allylic oxidation sites excluding steroid dienone is 2. The van der Waals surface area contributed by atoms with Crippen molar-refractivity contribution in [2.45, 2.75) is 24.7 Å². The molecule has 2 bridgehead atoms. The lowest BCUT2D eigenvalue weighted by Gasteiger charge is -2.25. The first-order valence-corrected chi connectivity index (χ1v) is 6.29. The summed E-state index contributed by atoms with van der Waals surface area (Å²) in [6.07, 6.45) is 7.75. The predicted molar refractivity (Wildman–Crippen MR) is 64.3 cm³/mol. The molecule has 0 spiro atoms. The fraction of sp³-hybridized carbons (Fsp3) is 0.333. The molecule has 1 aromatic carbocycles. The summed E-state index contributed by atoms with van der Waals surface area (Å²) in [5.41, 5.74) is 1.86. The first kappa shape index (κ1) is 10.1. The van der Waals surface area contributed by atoms with Crippen LogP contribution in [-0.2, 0) is 10.2 Å². The van der Waals surface area contributed by atoms with Crippen LogP contribution in [0, 0.1) is 5.92 Å². The van der Waals surface area contributed by atoms with Gasteiger partial charge in [0.25, 0.3) is 0 Å². The molecule has 0 amide bonds. The Hall–Kier alpha value is -1.90. The van der Waals surface area contributed by atoms with Crippen molar-refractivity contribution in [3.63, 3.8) is 0 Å². The maximum Gasteiger partial charge on any atom is 0.347 e. The average molecular weight is 240 g/mol. The molecule has 18 heavy (non-hydrogen) atoms. The summed E-state index contributed by atoms with van der Waals surface area (Å²) < 4.78 is 4.73. The van der Waals surface area contributed by atoms with E-state index >= 15 is 0 Å². The van der Waals surface area contributed by atoms with Crippen LogP contribution in [0.1, 0.15) is 45.5 Å². The summed E-state index contributed by atoms with van der Waals surface area (Å²) in [6.45, 7) is 0. The summed E-state index contributed by atoms with van der Waals surface area (Å²) in [7, 11) is 0. The van der Waals surface area contributed by atoms with Gasteiger partial charge in [0.05, 0.1) is 11.1 Å². The van der Waals surface area contributed by atoms with Crippen molar-refractivity contribution in [3.05, 3.63) is 47.0 Å². The first-order valence-electron chi connectivity index (χ1n) is 6.29. The van der Waals surface area contributed by atoms with Gasteiger partial charge in [0.1, 0.15) is 0 Å². The number of carbonyl (C=O) groups is 2. The van der Waals surface area contributed by atoms with E-state index in [0.29, 0.717) is 17.0 Å². The molecule has 3 aliphatic rings. The van der Waals surface area contributed by atoms with Crippen molar-refractivity contribution >= 4 is 11.9 Å². The van der Waals surface area contributed by atoms with Crippen LogP contribution in [0.4, 0.5) is 0 Å². The predicted octanol–water partition coefficient (Wildman–Crippen LogP) is 2.60. The molecule has 0 aromatic heterocycles. The molecule has 2 atom stereocenters. The van der Waals surface area contributed by atoms with Crippen LogP contribution in [0.3, 0.4) is 0 Å². The fourth-order valence-electron chi connectivity index (χ4n) is 3.63. The second kappa shape index (κ2) is 3.10. The topological polar surface area (TPSA) is 43.4 Å². The minimum absolute atomic E-state index is 0.0420. The molecule has 1 fully saturated rings. The van der Waals surface area contributed by atoms with Crippen molar-refractivity contribution in [1.82, 2.24) is 0 Å². The van der Waals surface area contributed by atoms with Crippen molar-refractivity contribution in [2.75, 3.05) is 0 Å². The van der Waals surface area contributed by atoms with Crippen molar-refractivity contribution < 1.29 is 14.3 Å². The molecule has 4 rings (SSSR count). The number of hydrogen-bond acceptors (Lipinski definition) is 3. The van der Waals surface area contributed by atoms with Gasteiger partial charge in [-0.3, -0.25) is 0 Å². The molecule has 0 radical (unpaired) electrons. The highest BCUT2D eigenvalue weighted by molar-refractivity contribution is 6.15. The zero-order valence-electron chi connectivity index (χ0n) is 9.81. The third-order valence-corrected chi connectivity index (χ3v) is 4.49. The number of fused-ring (bicyclic) bond motifs is 3. The molecule has 2 unspecified atom stereocenters. The van der Waals surface area contributed by atoms with E-state index in [1.54, 1.807) is 6.07 Å². The molecule has 1 saturated carbocycles. The van der Waals surface area contributed by atoms with Crippen LogP contribution in [0.5, 0.6) is 0 Å². The maximum atomic E-state index is 11.9. The largest absolute Gasteiger partial charge is 0.386 e. The van der Waals surface area contributed by atoms with E-state index in [2.05, 4.69) is 12.2 Å². The van der Waals surface area contributed by atoms with Gasteiger partial charge in [-0.15, -0.1) is 0 Å². The van der Waals surface area contributed by atoms with E-state index in [9.17, 15) is 9.59 Å². The summed E-state index contributed by atoms with van der Waals surface area (Å²) in [5, 5.41) is 0. The molecule has 1 aliphatic heterocycles. The Morgan fingerprint density at radius 2 is 2.11 bits per heavy atom. The van der Waals surface area contributed by atoms with Crippen LogP contribution in [0.25, 0.3) is 0 Å². The Bertz CT molecular complexity index is 614. The standard InChI is InChI=1S/C15H12O3/c16-13-10-2-1-3-11(12(10)14(17)18-13)15-6-4-9(8-15)5-7-15/h1-4,6,9H,5,7-8H2. The number of cyclic esters (lactones) is 2. The fourth-order valence-corrected chi connectivity index (χ4v) is 3.63. The summed E-state index contributed by atoms with van der Waals surface area (Å²) in [4.78, 5) is 23.4. The number of ether oxygens (including phenoxy) is 1. The van der Waals surface area contributed by atoms with E-state index in [4.69, 9.17) is 4.74 Å². The van der Waals surface area contributed by atoms with Gasteiger partial charge in [0.15, 0.2) is 0 Å². The van der Waals surface area contributed by atoms with Gasteiger partial charge in [0, 0.05) is 5.41 Å². The van der Waals surface area contributed by atoms with Crippen molar-refractivity contribution in [3.8, 4) is 0 Å². The van der Waals surface area contributed by atoms with Gasteiger partial charge in [-0.25, -0.2) is 9.59 Å². The molecule has 1 heterocycles. The van der Waals surface area contributed by atoms with Gasteiger partial charge in [-0.2, -0.15) is 0 Å². The Balaban J connectivity index is 1.96. The number of hydrogen-bond donors (Lipinski definition) is 0. The summed E-state index contributed by atoms with van der Waals surface area (Å²) in [5.74, 6) is -0.359. The minimum Gasteiger partial charge on any atom is -0.386 e. The van der Waals surface area contributed by atoms with Gasteiger partial charge >= 0.3 is 11.9 Å². The molecule has 90 valence electrons. The van der Waals surface area contributed by atoms with Gasteiger partial charge < -0.3 is 4.74 Å². The average Bonchev–Trinajstić information content (AvgIpc) is 3.05. The maximum absolute atomic E-state index is 11.9. The van der Waals surface area contributed by atoms with E-state index in [-0.39, 0.29) is 5.41 Å². The highest BCUT2D eigenvalue weighted by atomic mass is 16.6. The second-order valence-corrected chi connectivity index (χ2v) is 5.42. The van der Waals surface area contributed by atoms with Crippen molar-refractivity contribution in [2.24, 2.45) is 5.92 Å². The van der Waals surface area contributed by atoms with E-state index in [1.165, 1.54) is 6.42 Å². The minimum atomic E-state index is -0.509. The Labute approximate surface area is 104 Å². The molecule has 2 aliphatic carbocycles. The zero-order chi connectivity index (χ0) is 12.3. The Morgan fingerprint density at radius 3 is 2.78 bits per heavy atom. The lowest BCUT2D eigenvalue weighted by atomic mass is 9.77.